The highest BCUT2D eigenvalue weighted by Crippen LogP contribution is 2.39. The van der Waals surface area contributed by atoms with Crippen molar-refractivity contribution >= 4 is 21.7 Å². The highest BCUT2D eigenvalue weighted by atomic mass is 79.9. The van der Waals surface area contributed by atoms with Crippen LogP contribution in [-0.4, -0.2) is 10.9 Å². The molecule has 0 radical (unpaired) electrons. The number of benzene rings is 1. The zero-order valence-corrected chi connectivity index (χ0v) is 10.6. The van der Waals surface area contributed by atoms with Crippen LogP contribution in [0, 0.1) is 11.6 Å². The van der Waals surface area contributed by atoms with Crippen molar-refractivity contribution in [3.63, 3.8) is 0 Å². The zero-order valence-electron chi connectivity index (χ0n) is 8.97. The Morgan fingerprint density at radius 3 is 2.41 bits per heavy atom. The molecule has 1 N–H and O–H groups in total. The lowest BCUT2D eigenvalue weighted by Gasteiger charge is -2.32. The number of carbonyl (C=O) groups is 1. The lowest BCUT2D eigenvalue weighted by molar-refractivity contribution is -0.126. The Labute approximate surface area is 106 Å². The van der Waals surface area contributed by atoms with Gasteiger partial charge in [0.1, 0.15) is 17.4 Å². The van der Waals surface area contributed by atoms with E-state index in [2.05, 4.69) is 15.9 Å². The van der Waals surface area contributed by atoms with E-state index in [1.54, 1.807) is 0 Å². The summed E-state index contributed by atoms with van der Waals surface area (Å²) in [7, 11) is 0. The summed E-state index contributed by atoms with van der Waals surface area (Å²) in [5, 5.41) is 10.3. The molecule has 0 saturated heterocycles. The van der Waals surface area contributed by atoms with Crippen molar-refractivity contribution in [2.45, 2.75) is 31.3 Å². The smallest absolute Gasteiger partial charge is 0.146 e. The molecule has 1 aliphatic rings. The number of Topliss-reactive ketones (excluding diaryl/α,β-unsaturated/α-hetero) is 1. The molecule has 1 aromatic rings. The summed E-state index contributed by atoms with van der Waals surface area (Å²) in [6.45, 7) is 0. The van der Waals surface area contributed by atoms with Gasteiger partial charge < -0.3 is 5.11 Å². The van der Waals surface area contributed by atoms with Crippen LogP contribution in [0.25, 0.3) is 0 Å². The highest BCUT2D eigenvalue weighted by Gasteiger charge is 2.39. The quantitative estimate of drug-likeness (QED) is 0.810. The third kappa shape index (κ3) is 2.26. The van der Waals surface area contributed by atoms with E-state index < -0.39 is 17.2 Å². The van der Waals surface area contributed by atoms with Gasteiger partial charge in [-0.2, -0.15) is 0 Å². The molecule has 0 spiro atoms. The summed E-state index contributed by atoms with van der Waals surface area (Å²) in [6.07, 6.45) is 0.441. The number of aliphatic hydroxyl groups is 1. The van der Waals surface area contributed by atoms with Crippen molar-refractivity contribution in [2.75, 3.05) is 0 Å². The van der Waals surface area contributed by atoms with Crippen LogP contribution in [0.1, 0.15) is 31.2 Å². The van der Waals surface area contributed by atoms with Gasteiger partial charge in [0.15, 0.2) is 0 Å². The van der Waals surface area contributed by atoms with Crippen LogP contribution in [0.2, 0.25) is 0 Å². The first-order valence-electron chi connectivity index (χ1n) is 5.32. The van der Waals surface area contributed by atoms with Gasteiger partial charge in [-0.1, -0.05) is 0 Å². The Kier molecular flexibility index (Phi) is 3.32. The minimum absolute atomic E-state index is 0.0190. The van der Waals surface area contributed by atoms with Crippen LogP contribution in [0.4, 0.5) is 8.78 Å². The average Bonchev–Trinajstić information content (AvgIpc) is 2.29. The number of halogens is 3. The summed E-state index contributed by atoms with van der Waals surface area (Å²) < 4.78 is 27.6. The molecule has 2 rings (SSSR count). The second kappa shape index (κ2) is 4.46. The molecule has 92 valence electrons. The Hall–Kier alpha value is -0.810. The van der Waals surface area contributed by atoms with Gasteiger partial charge in [0.25, 0.3) is 0 Å². The fourth-order valence-electron chi connectivity index (χ4n) is 2.15. The first-order chi connectivity index (χ1) is 7.94. The second-order valence-electron chi connectivity index (χ2n) is 4.29. The maximum atomic E-state index is 13.9. The van der Waals surface area contributed by atoms with Gasteiger partial charge in [0, 0.05) is 12.8 Å². The molecule has 0 atom stereocenters. The molecule has 1 aromatic carbocycles. The molecule has 0 amide bonds. The van der Waals surface area contributed by atoms with E-state index in [-0.39, 0.29) is 41.5 Å². The second-order valence-corrected chi connectivity index (χ2v) is 5.14. The Morgan fingerprint density at radius 1 is 1.24 bits per heavy atom. The van der Waals surface area contributed by atoms with E-state index in [0.29, 0.717) is 0 Å². The van der Waals surface area contributed by atoms with Crippen molar-refractivity contribution < 1.29 is 18.7 Å². The fraction of sp³-hybridized carbons (Fsp3) is 0.417. The Bertz CT molecular complexity index is 464. The standard InChI is InChI=1S/C12H11BrF2O2/c13-8-1-2-9(14)10(11(8)15)12(17)5-3-7(16)4-6-12/h1-2,17H,3-6H2. The molecule has 5 heteroatoms. The predicted octanol–water partition coefficient (Wildman–Crippen LogP) is 3.06. The number of rotatable bonds is 1. The van der Waals surface area contributed by atoms with Gasteiger partial charge in [0.2, 0.25) is 0 Å². The maximum absolute atomic E-state index is 13.9. The van der Waals surface area contributed by atoms with Gasteiger partial charge in [-0.3, -0.25) is 4.79 Å². The van der Waals surface area contributed by atoms with Gasteiger partial charge in [-0.05, 0) is 40.9 Å². The molecule has 0 heterocycles. The van der Waals surface area contributed by atoms with Crippen molar-refractivity contribution in [3.05, 3.63) is 33.8 Å². The van der Waals surface area contributed by atoms with E-state index in [1.807, 2.05) is 0 Å². The van der Waals surface area contributed by atoms with Crippen LogP contribution in [-0.2, 0) is 10.4 Å². The summed E-state index contributed by atoms with van der Waals surface area (Å²) in [6, 6.07) is 2.36. The largest absolute Gasteiger partial charge is 0.385 e. The normalized spacial score (nSPS) is 19.4. The van der Waals surface area contributed by atoms with Crippen LogP contribution < -0.4 is 0 Å². The molecule has 1 saturated carbocycles. The van der Waals surface area contributed by atoms with E-state index >= 15 is 0 Å². The van der Waals surface area contributed by atoms with Crippen LogP contribution in [0.3, 0.4) is 0 Å². The number of hydrogen-bond acceptors (Lipinski definition) is 2. The molecule has 0 bridgehead atoms. The fourth-order valence-corrected chi connectivity index (χ4v) is 2.48. The molecule has 1 aliphatic carbocycles. The van der Waals surface area contributed by atoms with Crippen molar-refractivity contribution in [3.8, 4) is 0 Å². The number of carbonyl (C=O) groups excluding carboxylic acids is 1. The predicted molar refractivity (Wildman–Crippen MR) is 61.4 cm³/mol. The molecular formula is C12H11BrF2O2. The van der Waals surface area contributed by atoms with E-state index in [0.717, 1.165) is 6.07 Å². The van der Waals surface area contributed by atoms with Gasteiger partial charge >= 0.3 is 0 Å². The lowest BCUT2D eigenvalue weighted by atomic mass is 9.79. The van der Waals surface area contributed by atoms with Crippen LogP contribution in [0.15, 0.2) is 16.6 Å². The van der Waals surface area contributed by atoms with Crippen molar-refractivity contribution in [1.29, 1.82) is 0 Å². The minimum Gasteiger partial charge on any atom is -0.385 e. The lowest BCUT2D eigenvalue weighted by Crippen LogP contribution is -2.33. The van der Waals surface area contributed by atoms with Gasteiger partial charge in [-0.25, -0.2) is 8.78 Å². The number of ketones is 1. The summed E-state index contributed by atoms with van der Waals surface area (Å²) in [4.78, 5) is 11.1. The SMILES string of the molecule is O=C1CCC(O)(c2c(F)ccc(Br)c2F)CC1. The van der Waals surface area contributed by atoms with Crippen molar-refractivity contribution in [1.82, 2.24) is 0 Å². The van der Waals surface area contributed by atoms with E-state index in [9.17, 15) is 18.7 Å². The average molecular weight is 305 g/mol. The number of hydrogen-bond donors (Lipinski definition) is 1. The third-order valence-electron chi connectivity index (χ3n) is 3.14. The van der Waals surface area contributed by atoms with E-state index in [4.69, 9.17) is 0 Å². The van der Waals surface area contributed by atoms with Gasteiger partial charge in [0.05, 0.1) is 15.6 Å². The van der Waals surface area contributed by atoms with E-state index in [1.165, 1.54) is 6.07 Å². The maximum Gasteiger partial charge on any atom is 0.146 e. The highest BCUT2D eigenvalue weighted by molar-refractivity contribution is 9.10. The topological polar surface area (TPSA) is 37.3 Å². The molecule has 0 aromatic heterocycles. The zero-order chi connectivity index (χ0) is 12.6. The molecule has 2 nitrogen and oxygen atoms in total. The third-order valence-corrected chi connectivity index (χ3v) is 3.76. The first kappa shape index (κ1) is 12.6. The molecular weight excluding hydrogens is 294 g/mol. The van der Waals surface area contributed by atoms with Crippen LogP contribution >= 0.6 is 15.9 Å². The minimum atomic E-state index is -1.58. The molecule has 1 fully saturated rings. The molecule has 0 aliphatic heterocycles. The summed E-state index contributed by atoms with van der Waals surface area (Å²) in [5.41, 5.74) is -1.91. The molecule has 17 heavy (non-hydrogen) atoms. The van der Waals surface area contributed by atoms with Gasteiger partial charge in [-0.15, -0.1) is 0 Å². The summed E-state index contributed by atoms with van der Waals surface area (Å²) >= 11 is 2.96. The Balaban J connectivity index is 2.46. The Morgan fingerprint density at radius 2 is 1.82 bits per heavy atom. The molecule has 0 unspecified atom stereocenters. The first-order valence-corrected chi connectivity index (χ1v) is 6.11. The summed E-state index contributed by atoms with van der Waals surface area (Å²) in [5.74, 6) is -1.55. The monoisotopic (exact) mass is 304 g/mol. The van der Waals surface area contributed by atoms with Crippen LogP contribution in [0.5, 0.6) is 0 Å². The van der Waals surface area contributed by atoms with Crippen molar-refractivity contribution in [2.24, 2.45) is 0 Å².